The van der Waals surface area contributed by atoms with Crippen molar-refractivity contribution in [3.05, 3.63) is 47.1 Å². The third-order valence-corrected chi connectivity index (χ3v) is 4.30. The molecule has 0 fully saturated rings. The fourth-order valence-corrected chi connectivity index (χ4v) is 3.04. The predicted octanol–water partition coefficient (Wildman–Crippen LogP) is 2.77. The van der Waals surface area contributed by atoms with E-state index in [4.69, 9.17) is 4.52 Å². The monoisotopic (exact) mass is 333 g/mol. The first-order valence-corrected chi connectivity index (χ1v) is 8.17. The molecular weight excluding hydrogens is 322 g/mol. The minimum atomic E-state index is -0.221. The number of aryl methyl sites for hydroxylation is 1. The number of nitrogens with zero attached hydrogens (tertiary/aromatic N) is 4. The summed E-state index contributed by atoms with van der Waals surface area (Å²) in [5, 5.41) is 14.4. The molecule has 0 aliphatic carbocycles. The van der Waals surface area contributed by atoms with E-state index in [1.807, 2.05) is 18.2 Å². The second-order valence-electron chi connectivity index (χ2n) is 4.22. The van der Waals surface area contributed by atoms with Gasteiger partial charge in [-0.25, -0.2) is 0 Å². The summed E-state index contributed by atoms with van der Waals surface area (Å²) in [6, 6.07) is 7.33. The van der Waals surface area contributed by atoms with Gasteiger partial charge >= 0.3 is 0 Å². The first-order valence-electron chi connectivity index (χ1n) is 6.31. The fraction of sp³-hybridized carbons (Fsp3) is 0.154. The second-order valence-corrected chi connectivity index (χ2v) is 6.07. The number of hydrogen-bond acceptors (Lipinski definition) is 8. The highest BCUT2D eigenvalue weighted by atomic mass is 32.2. The maximum Gasteiger partial charge on any atom is 0.258 e. The zero-order chi connectivity index (χ0) is 15.4. The highest BCUT2D eigenvalue weighted by molar-refractivity contribution is 7.98. The third-order valence-electron chi connectivity index (χ3n) is 2.63. The number of amides is 1. The third kappa shape index (κ3) is 3.49. The molecule has 0 aliphatic rings. The number of rotatable bonds is 5. The van der Waals surface area contributed by atoms with Crippen LogP contribution in [0, 0.1) is 6.92 Å². The van der Waals surface area contributed by atoms with E-state index in [9.17, 15) is 4.79 Å². The van der Waals surface area contributed by atoms with Crippen molar-refractivity contribution in [2.75, 3.05) is 5.32 Å². The summed E-state index contributed by atoms with van der Waals surface area (Å²) in [5.41, 5.74) is 2.13. The molecule has 112 valence electrons. The standard InChI is InChI=1S/C13H11N5O2S2/c1-8-15-11(20-18-8)6-21-10-5-3-2-4-9(10)12(19)16-13-17-14-7-22-13/h2-5,7H,6H2,1H3,(H,16,17,19). The van der Waals surface area contributed by atoms with Crippen LogP contribution < -0.4 is 5.32 Å². The zero-order valence-corrected chi connectivity index (χ0v) is 13.1. The van der Waals surface area contributed by atoms with Gasteiger partial charge in [0.1, 0.15) is 5.51 Å². The number of aromatic nitrogens is 4. The lowest BCUT2D eigenvalue weighted by Crippen LogP contribution is -2.12. The molecule has 0 saturated heterocycles. The minimum absolute atomic E-state index is 0.221. The summed E-state index contributed by atoms with van der Waals surface area (Å²) < 4.78 is 5.07. The number of nitrogens with one attached hydrogen (secondary N) is 1. The highest BCUT2D eigenvalue weighted by Crippen LogP contribution is 2.26. The molecule has 0 radical (unpaired) electrons. The summed E-state index contributed by atoms with van der Waals surface area (Å²) in [7, 11) is 0. The summed E-state index contributed by atoms with van der Waals surface area (Å²) in [5.74, 6) is 1.41. The quantitative estimate of drug-likeness (QED) is 0.717. The van der Waals surface area contributed by atoms with Crippen molar-refractivity contribution < 1.29 is 9.32 Å². The molecule has 2 aromatic heterocycles. The molecule has 7 nitrogen and oxygen atoms in total. The van der Waals surface area contributed by atoms with E-state index in [0.717, 1.165) is 4.90 Å². The Balaban J connectivity index is 1.73. The Morgan fingerprint density at radius 1 is 1.41 bits per heavy atom. The van der Waals surface area contributed by atoms with E-state index in [2.05, 4.69) is 25.7 Å². The Kier molecular flexibility index (Phi) is 4.45. The normalized spacial score (nSPS) is 10.6. The minimum Gasteiger partial charge on any atom is -0.338 e. The number of benzene rings is 1. The largest absolute Gasteiger partial charge is 0.338 e. The topological polar surface area (TPSA) is 93.8 Å². The van der Waals surface area contributed by atoms with Crippen molar-refractivity contribution in [1.29, 1.82) is 0 Å². The van der Waals surface area contributed by atoms with Gasteiger partial charge in [-0.05, 0) is 19.1 Å². The lowest BCUT2D eigenvalue weighted by Gasteiger charge is -2.07. The van der Waals surface area contributed by atoms with Gasteiger partial charge < -0.3 is 4.52 Å². The summed E-state index contributed by atoms with van der Waals surface area (Å²) in [6.45, 7) is 1.77. The molecule has 22 heavy (non-hydrogen) atoms. The van der Waals surface area contributed by atoms with Gasteiger partial charge in [0, 0.05) is 4.90 Å². The van der Waals surface area contributed by atoms with E-state index in [1.165, 1.54) is 23.1 Å². The summed E-state index contributed by atoms with van der Waals surface area (Å²) in [6.07, 6.45) is 0. The molecule has 0 saturated carbocycles. The molecule has 0 bridgehead atoms. The lowest BCUT2D eigenvalue weighted by molar-refractivity contribution is 0.102. The lowest BCUT2D eigenvalue weighted by atomic mass is 10.2. The maximum absolute atomic E-state index is 12.3. The zero-order valence-electron chi connectivity index (χ0n) is 11.5. The van der Waals surface area contributed by atoms with Crippen LogP contribution in [-0.2, 0) is 5.75 Å². The van der Waals surface area contributed by atoms with Gasteiger partial charge in [-0.15, -0.1) is 22.0 Å². The molecule has 1 amide bonds. The van der Waals surface area contributed by atoms with Gasteiger partial charge in [0.2, 0.25) is 11.0 Å². The van der Waals surface area contributed by atoms with Gasteiger partial charge in [0.05, 0.1) is 11.3 Å². The molecule has 3 aromatic rings. The van der Waals surface area contributed by atoms with Crippen LogP contribution >= 0.6 is 23.1 Å². The van der Waals surface area contributed by atoms with Crippen molar-refractivity contribution >= 4 is 34.1 Å². The van der Waals surface area contributed by atoms with Crippen molar-refractivity contribution in [2.45, 2.75) is 17.6 Å². The van der Waals surface area contributed by atoms with Gasteiger partial charge in [-0.1, -0.05) is 28.6 Å². The van der Waals surface area contributed by atoms with Crippen LogP contribution in [0.2, 0.25) is 0 Å². The number of anilines is 1. The average Bonchev–Trinajstić information content (AvgIpc) is 3.17. The van der Waals surface area contributed by atoms with E-state index in [1.54, 1.807) is 18.5 Å². The smallest absolute Gasteiger partial charge is 0.258 e. The first kappa shape index (κ1) is 14.7. The van der Waals surface area contributed by atoms with Gasteiger partial charge in [-0.3, -0.25) is 10.1 Å². The molecule has 1 N–H and O–H groups in total. The molecule has 1 aromatic carbocycles. The van der Waals surface area contributed by atoms with Gasteiger partial charge in [0.15, 0.2) is 5.82 Å². The molecule has 3 rings (SSSR count). The second kappa shape index (κ2) is 6.67. The SMILES string of the molecule is Cc1noc(CSc2ccccc2C(=O)Nc2nncs2)n1. The molecular formula is C13H11N5O2S2. The molecule has 0 spiro atoms. The fourth-order valence-electron chi connectivity index (χ4n) is 1.71. The molecule has 0 aliphatic heterocycles. The summed E-state index contributed by atoms with van der Waals surface area (Å²) in [4.78, 5) is 17.3. The van der Waals surface area contributed by atoms with E-state index < -0.39 is 0 Å². The van der Waals surface area contributed by atoms with Crippen LogP contribution in [0.4, 0.5) is 5.13 Å². The van der Waals surface area contributed by atoms with Gasteiger partial charge in [-0.2, -0.15) is 4.98 Å². The summed E-state index contributed by atoms with van der Waals surface area (Å²) >= 11 is 2.74. The van der Waals surface area contributed by atoms with Crippen LogP contribution in [-0.4, -0.2) is 26.2 Å². The Hall–Kier alpha value is -2.26. The predicted molar refractivity (Wildman–Crippen MR) is 82.9 cm³/mol. The van der Waals surface area contributed by atoms with Crippen LogP contribution in [0.3, 0.4) is 0 Å². The molecule has 2 heterocycles. The number of carbonyl (C=O) groups is 1. The van der Waals surface area contributed by atoms with Crippen molar-refractivity contribution in [3.63, 3.8) is 0 Å². The Bertz CT molecular complexity index is 772. The maximum atomic E-state index is 12.3. The van der Waals surface area contributed by atoms with E-state index in [-0.39, 0.29) is 5.91 Å². The Morgan fingerprint density at radius 3 is 3.00 bits per heavy atom. The molecule has 0 unspecified atom stereocenters. The number of carbonyl (C=O) groups excluding carboxylic acids is 1. The Labute approximate surface area is 134 Å². The Morgan fingerprint density at radius 2 is 2.27 bits per heavy atom. The van der Waals surface area contributed by atoms with Crippen LogP contribution in [0.1, 0.15) is 22.1 Å². The highest BCUT2D eigenvalue weighted by Gasteiger charge is 2.14. The van der Waals surface area contributed by atoms with E-state index in [0.29, 0.717) is 28.2 Å². The van der Waals surface area contributed by atoms with Crippen LogP contribution in [0.5, 0.6) is 0 Å². The van der Waals surface area contributed by atoms with Crippen LogP contribution in [0.25, 0.3) is 0 Å². The van der Waals surface area contributed by atoms with Crippen molar-refractivity contribution in [1.82, 2.24) is 20.3 Å². The first-order chi connectivity index (χ1) is 10.7. The molecule has 9 heteroatoms. The van der Waals surface area contributed by atoms with Crippen molar-refractivity contribution in [3.8, 4) is 0 Å². The van der Waals surface area contributed by atoms with Crippen LogP contribution in [0.15, 0.2) is 39.2 Å². The molecule has 0 atom stereocenters. The number of thioether (sulfide) groups is 1. The van der Waals surface area contributed by atoms with Gasteiger partial charge in [0.25, 0.3) is 5.91 Å². The average molecular weight is 333 g/mol. The van der Waals surface area contributed by atoms with E-state index >= 15 is 0 Å². The number of hydrogen-bond donors (Lipinski definition) is 1. The van der Waals surface area contributed by atoms with Crippen molar-refractivity contribution in [2.24, 2.45) is 0 Å².